The third-order valence-electron chi connectivity index (χ3n) is 3.58. The SMILES string of the molecule is CC1(C)CCCN(C(=O)Nc2cncnc2)C1C(=O)O. The van der Waals surface area contributed by atoms with Crippen LogP contribution >= 0.6 is 0 Å². The van der Waals surface area contributed by atoms with E-state index in [1.54, 1.807) is 0 Å². The van der Waals surface area contributed by atoms with Gasteiger partial charge in [0, 0.05) is 6.54 Å². The van der Waals surface area contributed by atoms with E-state index in [9.17, 15) is 14.7 Å². The van der Waals surface area contributed by atoms with Gasteiger partial charge in [-0.15, -0.1) is 0 Å². The molecule has 1 aliphatic heterocycles. The lowest BCUT2D eigenvalue weighted by molar-refractivity contribution is -0.148. The molecule has 7 nitrogen and oxygen atoms in total. The molecule has 20 heavy (non-hydrogen) atoms. The second-order valence-electron chi connectivity index (χ2n) is 5.58. The van der Waals surface area contributed by atoms with Gasteiger partial charge in [0.2, 0.25) is 0 Å². The zero-order valence-electron chi connectivity index (χ0n) is 11.5. The molecule has 0 bridgehead atoms. The zero-order valence-corrected chi connectivity index (χ0v) is 11.5. The second-order valence-corrected chi connectivity index (χ2v) is 5.58. The Morgan fingerprint density at radius 1 is 1.40 bits per heavy atom. The fourth-order valence-corrected chi connectivity index (χ4v) is 2.64. The predicted octanol–water partition coefficient (Wildman–Crippen LogP) is 1.58. The summed E-state index contributed by atoms with van der Waals surface area (Å²) in [6, 6.07) is -1.26. The second kappa shape index (κ2) is 5.44. The number of amides is 2. The quantitative estimate of drug-likeness (QED) is 0.856. The zero-order chi connectivity index (χ0) is 14.8. The van der Waals surface area contributed by atoms with Gasteiger partial charge >= 0.3 is 12.0 Å². The number of nitrogens with one attached hydrogen (secondary N) is 1. The molecule has 2 N–H and O–H groups in total. The van der Waals surface area contributed by atoms with Crippen molar-refractivity contribution in [1.29, 1.82) is 0 Å². The molecule has 1 aromatic rings. The first-order valence-electron chi connectivity index (χ1n) is 6.47. The maximum atomic E-state index is 12.3. The summed E-state index contributed by atoms with van der Waals surface area (Å²) in [5.41, 5.74) is -0.000699. The molecule has 1 aliphatic rings. The van der Waals surface area contributed by atoms with E-state index in [-0.39, 0.29) is 0 Å². The van der Waals surface area contributed by atoms with Crippen LogP contribution in [0.25, 0.3) is 0 Å². The van der Waals surface area contributed by atoms with Gasteiger partial charge in [0.05, 0.1) is 18.1 Å². The summed E-state index contributed by atoms with van der Waals surface area (Å²) >= 11 is 0. The van der Waals surface area contributed by atoms with E-state index in [1.807, 2.05) is 13.8 Å². The van der Waals surface area contributed by atoms with E-state index in [0.29, 0.717) is 12.2 Å². The molecule has 1 fully saturated rings. The van der Waals surface area contributed by atoms with Crippen LogP contribution < -0.4 is 5.32 Å². The molecule has 0 aliphatic carbocycles. The topological polar surface area (TPSA) is 95.4 Å². The molecule has 0 saturated carbocycles. The number of aromatic nitrogens is 2. The molecule has 0 aromatic carbocycles. The van der Waals surface area contributed by atoms with Crippen molar-refractivity contribution in [2.45, 2.75) is 32.7 Å². The highest BCUT2D eigenvalue weighted by atomic mass is 16.4. The number of aliphatic carboxylic acids is 1. The number of anilines is 1. The van der Waals surface area contributed by atoms with E-state index >= 15 is 0 Å². The number of piperidine rings is 1. The minimum Gasteiger partial charge on any atom is -0.480 e. The van der Waals surface area contributed by atoms with Crippen LogP contribution in [0, 0.1) is 5.41 Å². The van der Waals surface area contributed by atoms with Crippen molar-refractivity contribution >= 4 is 17.7 Å². The molecule has 1 saturated heterocycles. The van der Waals surface area contributed by atoms with Gasteiger partial charge in [0.15, 0.2) is 0 Å². The highest BCUT2D eigenvalue weighted by Crippen LogP contribution is 2.35. The highest BCUT2D eigenvalue weighted by molar-refractivity contribution is 5.92. The van der Waals surface area contributed by atoms with E-state index in [1.165, 1.54) is 23.6 Å². The minimum atomic E-state index is -0.978. The summed E-state index contributed by atoms with van der Waals surface area (Å²) in [7, 11) is 0. The Bertz CT molecular complexity index is 504. The number of hydrogen-bond donors (Lipinski definition) is 2. The Balaban J connectivity index is 2.17. The van der Waals surface area contributed by atoms with E-state index in [4.69, 9.17) is 0 Å². The summed E-state index contributed by atoms with van der Waals surface area (Å²) in [5.74, 6) is -0.978. The van der Waals surface area contributed by atoms with Gasteiger partial charge in [0.1, 0.15) is 12.4 Å². The normalized spacial score (nSPS) is 21.3. The Labute approximate surface area is 117 Å². The Kier molecular flexibility index (Phi) is 3.87. The molecule has 2 amide bonds. The fourth-order valence-electron chi connectivity index (χ4n) is 2.64. The Hall–Kier alpha value is -2.18. The van der Waals surface area contributed by atoms with Gasteiger partial charge in [-0.1, -0.05) is 13.8 Å². The van der Waals surface area contributed by atoms with Gasteiger partial charge in [0.25, 0.3) is 0 Å². The van der Waals surface area contributed by atoms with Crippen molar-refractivity contribution in [1.82, 2.24) is 14.9 Å². The van der Waals surface area contributed by atoms with Crippen molar-refractivity contribution in [3.8, 4) is 0 Å². The summed E-state index contributed by atoms with van der Waals surface area (Å²) in [4.78, 5) is 32.7. The van der Waals surface area contributed by atoms with Crippen LogP contribution in [0.2, 0.25) is 0 Å². The number of carbonyl (C=O) groups excluding carboxylic acids is 1. The lowest BCUT2D eigenvalue weighted by Gasteiger charge is -2.43. The molecule has 0 spiro atoms. The molecule has 1 unspecified atom stereocenters. The third-order valence-corrected chi connectivity index (χ3v) is 3.58. The van der Waals surface area contributed by atoms with Crippen molar-refractivity contribution < 1.29 is 14.7 Å². The molecular formula is C13H18N4O3. The van der Waals surface area contributed by atoms with Gasteiger partial charge in [-0.25, -0.2) is 19.6 Å². The lowest BCUT2D eigenvalue weighted by atomic mass is 9.76. The number of likely N-dealkylation sites (tertiary alicyclic amines) is 1. The van der Waals surface area contributed by atoms with Crippen molar-refractivity contribution in [3.05, 3.63) is 18.7 Å². The van der Waals surface area contributed by atoms with Crippen LogP contribution in [0.5, 0.6) is 0 Å². The first-order chi connectivity index (χ1) is 9.42. The highest BCUT2D eigenvalue weighted by Gasteiger charge is 2.44. The number of urea groups is 1. The minimum absolute atomic E-state index is 0.430. The molecular weight excluding hydrogens is 260 g/mol. The van der Waals surface area contributed by atoms with Crippen LogP contribution in [0.4, 0.5) is 10.5 Å². The average molecular weight is 278 g/mol. The largest absolute Gasteiger partial charge is 0.480 e. The van der Waals surface area contributed by atoms with Crippen molar-refractivity contribution in [2.75, 3.05) is 11.9 Å². The van der Waals surface area contributed by atoms with E-state index < -0.39 is 23.5 Å². The summed E-state index contributed by atoms with van der Waals surface area (Å²) in [6.07, 6.45) is 5.86. The number of carbonyl (C=O) groups is 2. The molecule has 108 valence electrons. The molecule has 2 heterocycles. The first-order valence-corrected chi connectivity index (χ1v) is 6.47. The van der Waals surface area contributed by atoms with Crippen molar-refractivity contribution in [3.63, 3.8) is 0 Å². The van der Waals surface area contributed by atoms with E-state index in [2.05, 4.69) is 15.3 Å². The number of hydrogen-bond acceptors (Lipinski definition) is 4. The molecule has 2 rings (SSSR count). The summed E-state index contributed by atoms with van der Waals surface area (Å²) in [6.45, 7) is 4.17. The van der Waals surface area contributed by atoms with Gasteiger partial charge in [-0.2, -0.15) is 0 Å². The number of carboxylic acid groups (broad SMARTS) is 1. The molecule has 0 radical (unpaired) electrons. The van der Waals surface area contributed by atoms with Crippen LogP contribution in [-0.4, -0.2) is 44.6 Å². The Morgan fingerprint density at radius 3 is 2.65 bits per heavy atom. The maximum absolute atomic E-state index is 12.3. The van der Waals surface area contributed by atoms with Crippen LogP contribution in [0.1, 0.15) is 26.7 Å². The predicted molar refractivity (Wildman–Crippen MR) is 72.2 cm³/mol. The number of nitrogens with zero attached hydrogens (tertiary/aromatic N) is 3. The third kappa shape index (κ3) is 2.87. The molecule has 1 atom stereocenters. The van der Waals surface area contributed by atoms with Crippen molar-refractivity contribution in [2.24, 2.45) is 5.41 Å². The molecule has 7 heteroatoms. The smallest absolute Gasteiger partial charge is 0.327 e. The number of carboxylic acids is 1. The van der Waals surface area contributed by atoms with Gasteiger partial charge in [-0.05, 0) is 18.3 Å². The fraction of sp³-hybridized carbons (Fsp3) is 0.538. The van der Waals surface area contributed by atoms with Gasteiger partial charge < -0.3 is 15.3 Å². The molecule has 1 aromatic heterocycles. The average Bonchev–Trinajstić information content (AvgIpc) is 2.37. The van der Waals surface area contributed by atoms with Crippen LogP contribution in [0.15, 0.2) is 18.7 Å². The lowest BCUT2D eigenvalue weighted by Crippen LogP contribution is -2.57. The summed E-state index contributed by atoms with van der Waals surface area (Å²) in [5, 5.41) is 12.0. The van der Waals surface area contributed by atoms with E-state index in [0.717, 1.165) is 12.8 Å². The van der Waals surface area contributed by atoms with Crippen LogP contribution in [0.3, 0.4) is 0 Å². The Morgan fingerprint density at radius 2 is 2.05 bits per heavy atom. The summed E-state index contributed by atoms with van der Waals surface area (Å²) < 4.78 is 0. The number of rotatable bonds is 2. The standard InChI is InChI=1S/C13H18N4O3/c1-13(2)4-3-5-17(10(13)11(18)19)12(20)16-9-6-14-8-15-7-9/h6-8,10H,3-5H2,1-2H3,(H,16,20)(H,18,19). The monoisotopic (exact) mass is 278 g/mol. The van der Waals surface area contributed by atoms with Gasteiger partial charge in [-0.3, -0.25) is 0 Å². The first kappa shape index (κ1) is 14.2. The maximum Gasteiger partial charge on any atom is 0.327 e. The van der Waals surface area contributed by atoms with Crippen LogP contribution in [-0.2, 0) is 4.79 Å².